The number of thioether (sulfide) groups is 1. The summed E-state index contributed by atoms with van der Waals surface area (Å²) in [7, 11) is 0. The molecule has 0 aliphatic rings. The second-order valence-corrected chi connectivity index (χ2v) is 6.66. The summed E-state index contributed by atoms with van der Waals surface area (Å²) in [4.78, 5) is 0.366. The number of rotatable bonds is 7. The van der Waals surface area contributed by atoms with E-state index in [9.17, 15) is 0 Å². The summed E-state index contributed by atoms with van der Waals surface area (Å²) >= 11 is 7.04. The fourth-order valence-electron chi connectivity index (χ4n) is 2.14. The highest BCUT2D eigenvalue weighted by atomic mass is 32.2. The van der Waals surface area contributed by atoms with Gasteiger partial charge in [-0.3, -0.25) is 0 Å². The van der Waals surface area contributed by atoms with E-state index < -0.39 is 0 Å². The highest BCUT2D eigenvalue weighted by Gasteiger charge is 2.25. The Bertz CT molecular complexity index is 476. The van der Waals surface area contributed by atoms with Crippen molar-refractivity contribution in [3.05, 3.63) is 16.8 Å². The van der Waals surface area contributed by atoms with Crippen LogP contribution in [0, 0.1) is 13.8 Å². The SMILES string of the molecule is CCC(CC)(CNc1nnc(C)c(C)c1C(N)=S)SC. The van der Waals surface area contributed by atoms with Crippen molar-refractivity contribution in [3.63, 3.8) is 0 Å². The summed E-state index contributed by atoms with van der Waals surface area (Å²) in [5.41, 5.74) is 8.51. The van der Waals surface area contributed by atoms with Crippen molar-refractivity contribution in [2.75, 3.05) is 18.1 Å². The molecule has 20 heavy (non-hydrogen) atoms. The van der Waals surface area contributed by atoms with Crippen LogP contribution in [0.1, 0.15) is 43.5 Å². The molecule has 1 rings (SSSR count). The summed E-state index contributed by atoms with van der Waals surface area (Å²) in [6.45, 7) is 9.14. The van der Waals surface area contributed by atoms with Crippen LogP contribution in [0.3, 0.4) is 0 Å². The number of anilines is 1. The van der Waals surface area contributed by atoms with Crippen LogP contribution < -0.4 is 11.1 Å². The molecule has 1 aromatic heterocycles. The zero-order chi connectivity index (χ0) is 15.3. The first-order valence-electron chi connectivity index (χ1n) is 6.83. The van der Waals surface area contributed by atoms with E-state index in [1.165, 1.54) is 0 Å². The van der Waals surface area contributed by atoms with Crippen LogP contribution >= 0.6 is 24.0 Å². The monoisotopic (exact) mass is 312 g/mol. The average Bonchev–Trinajstić information content (AvgIpc) is 2.44. The van der Waals surface area contributed by atoms with Crippen molar-refractivity contribution in [1.82, 2.24) is 10.2 Å². The van der Waals surface area contributed by atoms with Crippen molar-refractivity contribution in [2.24, 2.45) is 5.73 Å². The predicted octanol–water partition coefficient (Wildman–Crippen LogP) is 3.06. The lowest BCUT2D eigenvalue weighted by Crippen LogP contribution is -2.33. The Hall–Kier alpha value is -0.880. The Kier molecular flexibility index (Phi) is 6.20. The van der Waals surface area contributed by atoms with Crippen LogP contribution in [0.15, 0.2) is 0 Å². The third-order valence-corrected chi connectivity index (χ3v) is 5.79. The fourth-order valence-corrected chi connectivity index (χ4v) is 3.18. The van der Waals surface area contributed by atoms with Gasteiger partial charge >= 0.3 is 0 Å². The van der Waals surface area contributed by atoms with Gasteiger partial charge in [0.2, 0.25) is 0 Å². The van der Waals surface area contributed by atoms with Gasteiger partial charge in [-0.15, -0.1) is 5.10 Å². The summed E-state index contributed by atoms with van der Waals surface area (Å²) in [5, 5.41) is 11.8. The molecule has 3 N–H and O–H groups in total. The Morgan fingerprint density at radius 1 is 1.30 bits per heavy atom. The molecule has 0 saturated heterocycles. The fraction of sp³-hybridized carbons (Fsp3) is 0.643. The van der Waals surface area contributed by atoms with Crippen LogP contribution in [0.4, 0.5) is 5.82 Å². The predicted molar refractivity (Wildman–Crippen MR) is 92.7 cm³/mol. The summed E-state index contributed by atoms with van der Waals surface area (Å²) in [5.74, 6) is 0.695. The van der Waals surface area contributed by atoms with Gasteiger partial charge in [-0.25, -0.2) is 0 Å². The van der Waals surface area contributed by atoms with Gasteiger partial charge in [0, 0.05) is 11.3 Å². The number of nitrogens with zero attached hydrogens (tertiary/aromatic N) is 2. The molecular weight excluding hydrogens is 288 g/mol. The minimum absolute atomic E-state index is 0.202. The summed E-state index contributed by atoms with van der Waals surface area (Å²) in [6.07, 6.45) is 4.34. The average molecular weight is 313 g/mol. The Balaban J connectivity index is 3.04. The van der Waals surface area contributed by atoms with E-state index in [4.69, 9.17) is 18.0 Å². The van der Waals surface area contributed by atoms with Crippen LogP contribution in [0.25, 0.3) is 0 Å². The highest BCUT2D eigenvalue weighted by molar-refractivity contribution is 8.00. The molecule has 1 heterocycles. The van der Waals surface area contributed by atoms with Gasteiger partial charge in [-0.2, -0.15) is 16.9 Å². The lowest BCUT2D eigenvalue weighted by atomic mass is 10.0. The second kappa shape index (κ2) is 7.22. The maximum atomic E-state index is 5.84. The van der Waals surface area contributed by atoms with Crippen molar-refractivity contribution in [3.8, 4) is 0 Å². The molecule has 0 bridgehead atoms. The molecule has 112 valence electrons. The number of hydrogen-bond acceptors (Lipinski definition) is 5. The molecule has 0 saturated carbocycles. The largest absolute Gasteiger partial charge is 0.389 e. The van der Waals surface area contributed by atoms with Crippen LogP contribution in [0.5, 0.6) is 0 Å². The maximum absolute atomic E-state index is 5.84. The standard InChI is InChI=1S/C14H24N4S2/c1-6-14(7-2,20-5)8-16-13-11(12(15)19)9(3)10(4)17-18-13/h6-8H2,1-5H3,(H2,15,19)(H,16,18). The van der Waals surface area contributed by atoms with E-state index in [1.807, 2.05) is 25.6 Å². The molecule has 0 atom stereocenters. The van der Waals surface area contributed by atoms with Gasteiger partial charge in [0.25, 0.3) is 0 Å². The van der Waals surface area contributed by atoms with E-state index in [2.05, 4.69) is 35.6 Å². The second-order valence-electron chi connectivity index (χ2n) is 4.95. The molecule has 0 aliphatic carbocycles. The highest BCUT2D eigenvalue weighted by Crippen LogP contribution is 2.31. The number of aromatic nitrogens is 2. The first kappa shape index (κ1) is 17.2. The van der Waals surface area contributed by atoms with E-state index in [0.29, 0.717) is 10.8 Å². The van der Waals surface area contributed by atoms with Crippen molar-refractivity contribution in [2.45, 2.75) is 45.3 Å². The third kappa shape index (κ3) is 3.61. The number of thiocarbonyl (C=S) groups is 1. The maximum Gasteiger partial charge on any atom is 0.159 e. The molecule has 4 nitrogen and oxygen atoms in total. The Labute approximate surface area is 131 Å². The summed E-state index contributed by atoms with van der Waals surface area (Å²) < 4.78 is 0.202. The topological polar surface area (TPSA) is 63.8 Å². The molecule has 0 fully saturated rings. The van der Waals surface area contributed by atoms with Gasteiger partial charge in [0.1, 0.15) is 4.99 Å². The van der Waals surface area contributed by atoms with Crippen LogP contribution in [-0.2, 0) is 0 Å². The number of nitrogens with two attached hydrogens (primary N) is 1. The molecular formula is C14H24N4S2. The molecule has 0 aromatic carbocycles. The molecule has 1 aromatic rings. The van der Waals surface area contributed by atoms with Gasteiger partial charge in [-0.1, -0.05) is 26.1 Å². The van der Waals surface area contributed by atoms with E-state index in [0.717, 1.165) is 36.2 Å². The molecule has 0 aliphatic heterocycles. The Morgan fingerprint density at radius 2 is 1.90 bits per heavy atom. The zero-order valence-corrected chi connectivity index (χ0v) is 14.5. The Morgan fingerprint density at radius 3 is 2.35 bits per heavy atom. The van der Waals surface area contributed by atoms with Crippen molar-refractivity contribution < 1.29 is 0 Å². The molecule has 0 amide bonds. The van der Waals surface area contributed by atoms with E-state index in [-0.39, 0.29) is 4.75 Å². The number of nitrogens with one attached hydrogen (secondary N) is 1. The zero-order valence-electron chi connectivity index (χ0n) is 12.9. The lowest BCUT2D eigenvalue weighted by molar-refractivity contribution is 0.573. The van der Waals surface area contributed by atoms with E-state index in [1.54, 1.807) is 0 Å². The third-order valence-electron chi connectivity index (χ3n) is 4.00. The minimum atomic E-state index is 0.202. The van der Waals surface area contributed by atoms with Gasteiger partial charge < -0.3 is 11.1 Å². The van der Waals surface area contributed by atoms with Gasteiger partial charge in [0.15, 0.2) is 5.82 Å². The van der Waals surface area contributed by atoms with E-state index >= 15 is 0 Å². The number of aryl methyl sites for hydroxylation is 1. The smallest absolute Gasteiger partial charge is 0.159 e. The molecule has 0 radical (unpaired) electrons. The van der Waals surface area contributed by atoms with Gasteiger partial charge in [0.05, 0.1) is 11.3 Å². The first-order chi connectivity index (χ1) is 9.40. The number of hydrogen-bond donors (Lipinski definition) is 2. The van der Waals surface area contributed by atoms with Crippen LogP contribution in [0.2, 0.25) is 0 Å². The molecule has 0 unspecified atom stereocenters. The molecule has 6 heteroatoms. The van der Waals surface area contributed by atoms with Crippen LogP contribution in [-0.4, -0.2) is 32.7 Å². The first-order valence-corrected chi connectivity index (χ1v) is 8.46. The quantitative estimate of drug-likeness (QED) is 0.755. The minimum Gasteiger partial charge on any atom is -0.389 e. The normalized spacial score (nSPS) is 11.4. The van der Waals surface area contributed by atoms with Crippen molar-refractivity contribution in [1.29, 1.82) is 0 Å². The van der Waals surface area contributed by atoms with Crippen molar-refractivity contribution >= 4 is 34.8 Å². The van der Waals surface area contributed by atoms with Gasteiger partial charge in [-0.05, 0) is 38.5 Å². The lowest BCUT2D eigenvalue weighted by Gasteiger charge is -2.30. The summed E-state index contributed by atoms with van der Waals surface area (Å²) in [6, 6.07) is 0. The molecule has 0 spiro atoms.